The molecule has 2 unspecified atom stereocenters. The van der Waals surface area contributed by atoms with Crippen LogP contribution in [0.25, 0.3) is 0 Å². The number of nitriles is 1. The molecule has 0 bridgehead atoms. The first-order valence-electron chi connectivity index (χ1n) is 5.58. The fourth-order valence-electron chi connectivity index (χ4n) is 1.55. The monoisotopic (exact) mass is 239 g/mol. The molecule has 1 saturated carbocycles. The van der Waals surface area contributed by atoms with E-state index in [1.807, 2.05) is 6.07 Å². The van der Waals surface area contributed by atoms with Crippen LogP contribution in [0.15, 0.2) is 0 Å². The lowest BCUT2D eigenvalue weighted by molar-refractivity contribution is -0.162. The molecule has 5 nitrogen and oxygen atoms in total. The molecule has 0 aromatic carbocycles. The molecule has 0 radical (unpaired) electrons. The molecular formula is C12H17NO4. The van der Waals surface area contributed by atoms with Crippen molar-refractivity contribution in [3.63, 3.8) is 0 Å². The van der Waals surface area contributed by atoms with Gasteiger partial charge in [-0.05, 0) is 34.1 Å². The Hall–Kier alpha value is -1.57. The molecule has 0 N–H and O–H groups in total. The van der Waals surface area contributed by atoms with E-state index in [1.54, 1.807) is 27.7 Å². The Morgan fingerprint density at radius 3 is 2.47 bits per heavy atom. The van der Waals surface area contributed by atoms with E-state index in [0.717, 1.165) is 0 Å². The van der Waals surface area contributed by atoms with Crippen molar-refractivity contribution in [2.75, 3.05) is 6.61 Å². The molecule has 0 aliphatic heterocycles. The number of carbonyl (C=O) groups is 2. The zero-order valence-corrected chi connectivity index (χ0v) is 10.6. The highest BCUT2D eigenvalue weighted by Gasteiger charge is 2.67. The van der Waals surface area contributed by atoms with E-state index in [9.17, 15) is 9.59 Å². The summed E-state index contributed by atoms with van der Waals surface area (Å²) in [5, 5.41) is 9.05. The van der Waals surface area contributed by atoms with Crippen molar-refractivity contribution < 1.29 is 19.1 Å². The Morgan fingerprint density at radius 2 is 2.06 bits per heavy atom. The SMILES string of the molecule is CCOC(=O)C1CC1(C#N)C(=O)OC(C)(C)C. The first-order valence-corrected chi connectivity index (χ1v) is 5.58. The molecule has 94 valence electrons. The lowest BCUT2D eigenvalue weighted by Crippen LogP contribution is -2.31. The summed E-state index contributed by atoms with van der Waals surface area (Å²) in [6.07, 6.45) is 0.192. The maximum absolute atomic E-state index is 11.8. The van der Waals surface area contributed by atoms with E-state index in [1.165, 1.54) is 0 Å². The molecule has 0 spiro atoms. The number of hydrogen-bond donors (Lipinski definition) is 0. The Bertz CT molecular complexity index is 377. The zero-order valence-electron chi connectivity index (χ0n) is 10.6. The second-order valence-electron chi connectivity index (χ2n) is 5.09. The minimum atomic E-state index is -1.33. The van der Waals surface area contributed by atoms with E-state index >= 15 is 0 Å². The maximum atomic E-state index is 11.8. The summed E-state index contributed by atoms with van der Waals surface area (Å²) < 4.78 is 9.95. The molecule has 0 heterocycles. The van der Waals surface area contributed by atoms with Gasteiger partial charge in [-0.3, -0.25) is 9.59 Å². The fourth-order valence-corrected chi connectivity index (χ4v) is 1.55. The average molecular weight is 239 g/mol. The summed E-state index contributed by atoms with van der Waals surface area (Å²) in [7, 11) is 0. The van der Waals surface area contributed by atoms with Crippen molar-refractivity contribution in [1.29, 1.82) is 5.26 Å². The standard InChI is InChI=1S/C12H17NO4/c1-5-16-9(14)8-6-12(8,7-13)10(15)17-11(2,3)4/h8H,5-6H2,1-4H3. The third-order valence-corrected chi connectivity index (χ3v) is 2.49. The summed E-state index contributed by atoms with van der Waals surface area (Å²) in [6, 6.07) is 1.89. The summed E-state index contributed by atoms with van der Waals surface area (Å²) in [4.78, 5) is 23.3. The van der Waals surface area contributed by atoms with E-state index in [4.69, 9.17) is 14.7 Å². The number of rotatable bonds is 3. The largest absolute Gasteiger partial charge is 0.466 e. The first-order chi connectivity index (χ1) is 7.77. The minimum absolute atomic E-state index is 0.192. The van der Waals surface area contributed by atoms with Crippen molar-refractivity contribution in [1.82, 2.24) is 0 Å². The van der Waals surface area contributed by atoms with E-state index < -0.39 is 28.9 Å². The van der Waals surface area contributed by atoms with Crippen LogP contribution >= 0.6 is 0 Å². The van der Waals surface area contributed by atoms with Crippen molar-refractivity contribution in [2.45, 2.75) is 39.7 Å². The van der Waals surface area contributed by atoms with E-state index in [-0.39, 0.29) is 13.0 Å². The van der Waals surface area contributed by atoms with Crippen molar-refractivity contribution in [3.8, 4) is 6.07 Å². The Kier molecular flexibility index (Phi) is 3.46. The van der Waals surface area contributed by atoms with Crippen LogP contribution in [0.3, 0.4) is 0 Å². The summed E-state index contributed by atoms with van der Waals surface area (Å²) in [6.45, 7) is 7.08. The lowest BCUT2D eigenvalue weighted by Gasteiger charge is -2.21. The van der Waals surface area contributed by atoms with Gasteiger partial charge in [0.1, 0.15) is 5.60 Å². The van der Waals surface area contributed by atoms with Gasteiger partial charge >= 0.3 is 11.9 Å². The normalized spacial score (nSPS) is 26.9. The molecule has 0 aromatic rings. The smallest absolute Gasteiger partial charge is 0.327 e. The Morgan fingerprint density at radius 1 is 1.47 bits per heavy atom. The van der Waals surface area contributed by atoms with Crippen LogP contribution in [-0.4, -0.2) is 24.1 Å². The Labute approximate surface area is 101 Å². The maximum Gasteiger partial charge on any atom is 0.327 e. The molecule has 2 atom stereocenters. The molecule has 17 heavy (non-hydrogen) atoms. The topological polar surface area (TPSA) is 76.4 Å². The van der Waals surface area contributed by atoms with Gasteiger partial charge in [0.25, 0.3) is 0 Å². The van der Waals surface area contributed by atoms with Crippen molar-refractivity contribution in [2.24, 2.45) is 11.3 Å². The van der Waals surface area contributed by atoms with Crippen LogP contribution in [0.2, 0.25) is 0 Å². The first kappa shape index (κ1) is 13.5. The highest BCUT2D eigenvalue weighted by atomic mass is 16.6. The summed E-state index contributed by atoms with van der Waals surface area (Å²) >= 11 is 0. The number of hydrogen-bond acceptors (Lipinski definition) is 5. The van der Waals surface area contributed by atoms with Gasteiger partial charge in [-0.2, -0.15) is 5.26 Å². The molecule has 1 aliphatic rings. The lowest BCUT2D eigenvalue weighted by atomic mass is 10.1. The predicted octanol–water partition coefficient (Wildman–Crippen LogP) is 1.42. The third-order valence-electron chi connectivity index (χ3n) is 2.49. The molecule has 0 amide bonds. The molecule has 1 aliphatic carbocycles. The second-order valence-corrected chi connectivity index (χ2v) is 5.09. The predicted molar refractivity (Wildman–Crippen MR) is 58.6 cm³/mol. The molecule has 1 rings (SSSR count). The van der Waals surface area contributed by atoms with Gasteiger partial charge in [0.2, 0.25) is 0 Å². The van der Waals surface area contributed by atoms with Crippen LogP contribution in [0.5, 0.6) is 0 Å². The van der Waals surface area contributed by atoms with Gasteiger partial charge < -0.3 is 9.47 Å². The average Bonchev–Trinajstić information content (AvgIpc) is 2.91. The zero-order chi connectivity index (χ0) is 13.3. The molecule has 0 saturated heterocycles. The van der Waals surface area contributed by atoms with Crippen molar-refractivity contribution >= 4 is 11.9 Å². The van der Waals surface area contributed by atoms with Gasteiger partial charge in [-0.15, -0.1) is 0 Å². The van der Waals surface area contributed by atoms with E-state index in [2.05, 4.69) is 0 Å². The van der Waals surface area contributed by atoms with Gasteiger partial charge in [0, 0.05) is 0 Å². The fraction of sp³-hybridized carbons (Fsp3) is 0.750. The van der Waals surface area contributed by atoms with Gasteiger partial charge in [0.15, 0.2) is 5.41 Å². The quantitative estimate of drug-likeness (QED) is 0.696. The molecule has 0 aromatic heterocycles. The number of esters is 2. The van der Waals surface area contributed by atoms with E-state index in [0.29, 0.717) is 0 Å². The minimum Gasteiger partial charge on any atom is -0.466 e. The van der Waals surface area contributed by atoms with Gasteiger partial charge in [-0.1, -0.05) is 0 Å². The molecule has 1 fully saturated rings. The van der Waals surface area contributed by atoms with Gasteiger partial charge in [-0.25, -0.2) is 0 Å². The molecular weight excluding hydrogens is 222 g/mol. The summed E-state index contributed by atoms with van der Waals surface area (Å²) in [5.41, 5.74) is -2.00. The van der Waals surface area contributed by atoms with Crippen LogP contribution in [0, 0.1) is 22.7 Å². The second kappa shape index (κ2) is 4.36. The van der Waals surface area contributed by atoms with Gasteiger partial charge in [0.05, 0.1) is 18.6 Å². The third kappa shape index (κ3) is 2.76. The van der Waals surface area contributed by atoms with Crippen LogP contribution in [-0.2, 0) is 19.1 Å². The molecule has 5 heteroatoms. The van der Waals surface area contributed by atoms with Crippen LogP contribution < -0.4 is 0 Å². The summed E-state index contributed by atoms with van der Waals surface area (Å²) in [5.74, 6) is -1.81. The van der Waals surface area contributed by atoms with Crippen LogP contribution in [0.1, 0.15) is 34.1 Å². The number of ether oxygens (including phenoxy) is 2. The van der Waals surface area contributed by atoms with Crippen LogP contribution in [0.4, 0.5) is 0 Å². The van der Waals surface area contributed by atoms with Crippen molar-refractivity contribution in [3.05, 3.63) is 0 Å². The highest BCUT2D eigenvalue weighted by molar-refractivity contribution is 5.93. The number of nitrogens with zero attached hydrogens (tertiary/aromatic N) is 1. The Balaban J connectivity index is 2.73. The number of carbonyl (C=O) groups excluding carboxylic acids is 2. The highest BCUT2D eigenvalue weighted by Crippen LogP contribution is 2.54.